The van der Waals surface area contributed by atoms with Crippen molar-refractivity contribution in [3.63, 3.8) is 0 Å². The van der Waals surface area contributed by atoms with E-state index in [2.05, 4.69) is 13.8 Å². The van der Waals surface area contributed by atoms with Crippen LogP contribution in [0, 0.1) is 0 Å². The maximum Gasteiger partial charge on any atom is 0.0808 e. The second-order valence-corrected chi connectivity index (χ2v) is 3.29. The molecule has 0 rings (SSSR count). The van der Waals surface area contributed by atoms with Crippen LogP contribution in [0.1, 0.15) is 46.5 Å². The van der Waals surface area contributed by atoms with Crippen LogP contribution in [0.25, 0.3) is 0 Å². The fraction of sp³-hybridized carbons (Fsp3) is 1.00. The largest absolute Gasteiger partial charge is 0.379 e. The summed E-state index contributed by atoms with van der Waals surface area (Å²) in [4.78, 5) is 0. The van der Waals surface area contributed by atoms with Crippen molar-refractivity contribution in [2.75, 3.05) is 19.8 Å². The summed E-state index contributed by atoms with van der Waals surface area (Å²) in [6, 6.07) is 0. The van der Waals surface area contributed by atoms with Gasteiger partial charge in [-0.1, -0.05) is 26.7 Å². The first kappa shape index (κ1) is 12.9. The van der Waals surface area contributed by atoms with E-state index in [0.29, 0.717) is 6.10 Å². The molecule has 0 N–H and O–H groups in total. The molecule has 0 fully saturated rings. The van der Waals surface area contributed by atoms with Crippen molar-refractivity contribution in [1.29, 1.82) is 0 Å². The second-order valence-electron chi connectivity index (χ2n) is 3.29. The molecule has 13 heavy (non-hydrogen) atoms. The SMILES string of the molecule is CCCCC(COCCC)OCC. The minimum absolute atomic E-state index is 0.316. The van der Waals surface area contributed by atoms with Gasteiger partial charge < -0.3 is 9.47 Å². The molecule has 0 aromatic heterocycles. The van der Waals surface area contributed by atoms with Crippen molar-refractivity contribution in [3.05, 3.63) is 0 Å². The van der Waals surface area contributed by atoms with E-state index < -0.39 is 0 Å². The first-order valence-corrected chi connectivity index (χ1v) is 5.54. The van der Waals surface area contributed by atoms with E-state index in [1.165, 1.54) is 12.8 Å². The van der Waals surface area contributed by atoms with Crippen molar-refractivity contribution in [1.82, 2.24) is 0 Å². The summed E-state index contributed by atoms with van der Waals surface area (Å²) in [5.41, 5.74) is 0. The minimum atomic E-state index is 0.316. The molecular formula is C11H24O2. The van der Waals surface area contributed by atoms with Gasteiger partial charge in [0.25, 0.3) is 0 Å². The van der Waals surface area contributed by atoms with Crippen LogP contribution in [0.4, 0.5) is 0 Å². The quantitative estimate of drug-likeness (QED) is 0.518. The topological polar surface area (TPSA) is 18.5 Å². The molecule has 0 saturated heterocycles. The lowest BCUT2D eigenvalue weighted by atomic mass is 10.2. The van der Waals surface area contributed by atoms with Gasteiger partial charge in [-0.2, -0.15) is 0 Å². The zero-order valence-electron chi connectivity index (χ0n) is 9.34. The lowest BCUT2D eigenvalue weighted by Crippen LogP contribution is -2.20. The van der Waals surface area contributed by atoms with Crippen molar-refractivity contribution >= 4 is 0 Å². The van der Waals surface area contributed by atoms with Crippen LogP contribution in [0.3, 0.4) is 0 Å². The number of ether oxygens (including phenoxy) is 2. The third-order valence-electron chi connectivity index (χ3n) is 1.93. The van der Waals surface area contributed by atoms with Crippen molar-refractivity contribution in [2.45, 2.75) is 52.6 Å². The van der Waals surface area contributed by atoms with Gasteiger partial charge in [-0.15, -0.1) is 0 Å². The molecule has 80 valence electrons. The molecule has 0 aromatic rings. The highest BCUT2D eigenvalue weighted by Gasteiger charge is 2.06. The zero-order chi connectivity index (χ0) is 9.94. The molecule has 2 nitrogen and oxygen atoms in total. The van der Waals surface area contributed by atoms with E-state index in [1.807, 2.05) is 6.92 Å². The average Bonchev–Trinajstić information content (AvgIpc) is 2.14. The van der Waals surface area contributed by atoms with Gasteiger partial charge in [-0.05, 0) is 19.8 Å². The normalized spacial score (nSPS) is 13.2. The fourth-order valence-electron chi connectivity index (χ4n) is 1.24. The Morgan fingerprint density at radius 1 is 1.08 bits per heavy atom. The maximum absolute atomic E-state index is 5.57. The number of rotatable bonds is 9. The highest BCUT2D eigenvalue weighted by molar-refractivity contribution is 4.56. The van der Waals surface area contributed by atoms with Crippen LogP contribution in [0.5, 0.6) is 0 Å². The van der Waals surface area contributed by atoms with Crippen LogP contribution in [-0.4, -0.2) is 25.9 Å². The van der Waals surface area contributed by atoms with Crippen molar-refractivity contribution in [2.24, 2.45) is 0 Å². The van der Waals surface area contributed by atoms with Crippen LogP contribution in [0.2, 0.25) is 0 Å². The van der Waals surface area contributed by atoms with E-state index in [9.17, 15) is 0 Å². The molecule has 0 aliphatic rings. The summed E-state index contributed by atoms with van der Waals surface area (Å²) in [6.45, 7) is 8.79. The van der Waals surface area contributed by atoms with E-state index in [0.717, 1.165) is 32.7 Å². The Morgan fingerprint density at radius 2 is 1.85 bits per heavy atom. The molecule has 0 spiro atoms. The van der Waals surface area contributed by atoms with Gasteiger partial charge in [0.15, 0.2) is 0 Å². The molecule has 0 aliphatic carbocycles. The van der Waals surface area contributed by atoms with Crippen LogP contribution < -0.4 is 0 Å². The summed E-state index contributed by atoms with van der Waals surface area (Å²) in [6.07, 6.45) is 5.01. The van der Waals surface area contributed by atoms with E-state index in [4.69, 9.17) is 9.47 Å². The van der Waals surface area contributed by atoms with Gasteiger partial charge >= 0.3 is 0 Å². The summed E-state index contributed by atoms with van der Waals surface area (Å²) in [5, 5.41) is 0. The van der Waals surface area contributed by atoms with Crippen molar-refractivity contribution < 1.29 is 9.47 Å². The minimum Gasteiger partial charge on any atom is -0.379 e. The van der Waals surface area contributed by atoms with Gasteiger partial charge in [0.05, 0.1) is 12.7 Å². The molecule has 0 aliphatic heterocycles. The predicted octanol–water partition coefficient (Wildman–Crippen LogP) is 3.01. The molecule has 2 heteroatoms. The average molecular weight is 188 g/mol. The molecule has 1 unspecified atom stereocenters. The van der Waals surface area contributed by atoms with Crippen LogP contribution in [-0.2, 0) is 9.47 Å². The Hall–Kier alpha value is -0.0800. The Kier molecular flexibility index (Phi) is 9.94. The van der Waals surface area contributed by atoms with E-state index in [-0.39, 0.29) is 0 Å². The Bertz CT molecular complexity index is 94.1. The lowest BCUT2D eigenvalue weighted by molar-refractivity contribution is -0.0162. The van der Waals surface area contributed by atoms with Gasteiger partial charge in [-0.3, -0.25) is 0 Å². The maximum atomic E-state index is 5.57. The summed E-state index contributed by atoms with van der Waals surface area (Å²) < 4.78 is 11.0. The molecule has 1 atom stereocenters. The molecule has 0 heterocycles. The standard InChI is InChI=1S/C11H24O2/c1-4-7-8-11(13-6-3)10-12-9-5-2/h11H,4-10H2,1-3H3. The van der Waals surface area contributed by atoms with Crippen LogP contribution in [0.15, 0.2) is 0 Å². The molecule has 0 bridgehead atoms. The summed E-state index contributed by atoms with van der Waals surface area (Å²) in [7, 11) is 0. The Morgan fingerprint density at radius 3 is 2.38 bits per heavy atom. The predicted molar refractivity (Wildman–Crippen MR) is 56.0 cm³/mol. The number of unbranched alkanes of at least 4 members (excludes halogenated alkanes) is 1. The van der Waals surface area contributed by atoms with Gasteiger partial charge in [0.2, 0.25) is 0 Å². The second kappa shape index (κ2) is 10.0. The lowest BCUT2D eigenvalue weighted by Gasteiger charge is -2.16. The van der Waals surface area contributed by atoms with E-state index in [1.54, 1.807) is 0 Å². The number of hydrogen-bond acceptors (Lipinski definition) is 2. The van der Waals surface area contributed by atoms with Crippen molar-refractivity contribution in [3.8, 4) is 0 Å². The third-order valence-corrected chi connectivity index (χ3v) is 1.93. The smallest absolute Gasteiger partial charge is 0.0808 e. The monoisotopic (exact) mass is 188 g/mol. The van der Waals surface area contributed by atoms with Crippen LogP contribution >= 0.6 is 0 Å². The Labute approximate surface area is 82.6 Å². The fourth-order valence-corrected chi connectivity index (χ4v) is 1.24. The summed E-state index contributed by atoms with van der Waals surface area (Å²) >= 11 is 0. The van der Waals surface area contributed by atoms with Gasteiger partial charge in [-0.25, -0.2) is 0 Å². The Balaban J connectivity index is 3.41. The first-order chi connectivity index (χ1) is 6.35. The zero-order valence-corrected chi connectivity index (χ0v) is 9.34. The summed E-state index contributed by atoms with van der Waals surface area (Å²) in [5.74, 6) is 0. The molecule has 0 amide bonds. The number of hydrogen-bond donors (Lipinski definition) is 0. The highest BCUT2D eigenvalue weighted by Crippen LogP contribution is 2.05. The van der Waals surface area contributed by atoms with Gasteiger partial charge in [0.1, 0.15) is 0 Å². The first-order valence-electron chi connectivity index (χ1n) is 5.54. The van der Waals surface area contributed by atoms with E-state index >= 15 is 0 Å². The van der Waals surface area contributed by atoms with Gasteiger partial charge in [0, 0.05) is 13.2 Å². The molecule has 0 radical (unpaired) electrons. The molecular weight excluding hydrogens is 164 g/mol. The third kappa shape index (κ3) is 8.26. The highest BCUT2D eigenvalue weighted by atomic mass is 16.5. The molecule has 0 saturated carbocycles. The molecule has 0 aromatic carbocycles.